The Bertz CT molecular complexity index is 940. The summed E-state index contributed by atoms with van der Waals surface area (Å²) in [4.78, 5) is 7.75. The van der Waals surface area contributed by atoms with Crippen molar-refractivity contribution in [1.82, 2.24) is 10.2 Å². The molecular formula is C19H26N4O3S2. The third kappa shape index (κ3) is 5.11. The lowest BCUT2D eigenvalue weighted by Crippen LogP contribution is -2.48. The Morgan fingerprint density at radius 2 is 2.14 bits per heavy atom. The second-order valence-corrected chi connectivity index (χ2v) is 9.55. The highest BCUT2D eigenvalue weighted by atomic mass is 32.2. The fourth-order valence-corrected chi connectivity index (χ4v) is 4.86. The molecule has 0 saturated carbocycles. The molecule has 7 nitrogen and oxygen atoms in total. The Morgan fingerprint density at radius 3 is 2.82 bits per heavy atom. The van der Waals surface area contributed by atoms with Crippen molar-refractivity contribution >= 4 is 27.3 Å². The Kier molecular flexibility index (Phi) is 6.71. The SMILES string of the molecule is CCNC(=NCc1ccc(S(N)(=O)=O)s1)N1CCOC(c2ccccc2C)C1. The number of aliphatic imine (C=N–C) groups is 1. The van der Waals surface area contributed by atoms with Gasteiger partial charge in [0, 0.05) is 18.0 Å². The van der Waals surface area contributed by atoms with Crippen molar-refractivity contribution in [2.24, 2.45) is 10.1 Å². The lowest BCUT2D eigenvalue weighted by Gasteiger charge is -2.35. The predicted octanol–water partition coefficient (Wildman–Crippen LogP) is 2.24. The molecule has 0 bridgehead atoms. The van der Waals surface area contributed by atoms with Gasteiger partial charge in [0.05, 0.1) is 19.7 Å². The maximum absolute atomic E-state index is 11.5. The number of ether oxygens (including phenoxy) is 1. The van der Waals surface area contributed by atoms with Gasteiger partial charge in [-0.05, 0) is 37.1 Å². The van der Waals surface area contributed by atoms with Crippen molar-refractivity contribution in [2.75, 3.05) is 26.2 Å². The molecule has 2 heterocycles. The molecule has 1 fully saturated rings. The van der Waals surface area contributed by atoms with Crippen LogP contribution >= 0.6 is 11.3 Å². The van der Waals surface area contributed by atoms with Crippen LogP contribution in [-0.4, -0.2) is 45.5 Å². The summed E-state index contributed by atoms with van der Waals surface area (Å²) in [6, 6.07) is 11.5. The Hall–Kier alpha value is -1.94. The van der Waals surface area contributed by atoms with Gasteiger partial charge in [0.2, 0.25) is 10.0 Å². The van der Waals surface area contributed by atoms with Gasteiger partial charge in [-0.3, -0.25) is 0 Å². The number of sulfonamides is 1. The fraction of sp³-hybridized carbons (Fsp3) is 0.421. The standard InChI is InChI=1S/C19H26N4O3S2/c1-3-21-19(22-12-15-8-9-18(27-15)28(20,24)25)23-10-11-26-17(13-23)16-7-5-4-6-14(16)2/h4-9,17H,3,10-13H2,1-2H3,(H,21,22)(H2,20,24,25). The molecule has 0 amide bonds. The van der Waals surface area contributed by atoms with E-state index >= 15 is 0 Å². The average Bonchev–Trinajstić information content (AvgIpc) is 3.15. The van der Waals surface area contributed by atoms with Crippen LogP contribution in [0.2, 0.25) is 0 Å². The summed E-state index contributed by atoms with van der Waals surface area (Å²) in [5.74, 6) is 0.801. The van der Waals surface area contributed by atoms with E-state index in [9.17, 15) is 8.42 Å². The van der Waals surface area contributed by atoms with Gasteiger partial charge in [-0.1, -0.05) is 24.3 Å². The molecule has 9 heteroatoms. The van der Waals surface area contributed by atoms with Gasteiger partial charge in [-0.2, -0.15) is 0 Å². The molecule has 1 aliphatic heterocycles. The summed E-state index contributed by atoms with van der Waals surface area (Å²) in [5, 5.41) is 8.51. The van der Waals surface area contributed by atoms with Gasteiger partial charge in [-0.15, -0.1) is 11.3 Å². The quantitative estimate of drug-likeness (QED) is 0.569. The molecule has 28 heavy (non-hydrogen) atoms. The van der Waals surface area contributed by atoms with Crippen LogP contribution in [0.4, 0.5) is 0 Å². The average molecular weight is 423 g/mol. The van der Waals surface area contributed by atoms with Crippen molar-refractivity contribution in [3.63, 3.8) is 0 Å². The third-order valence-electron chi connectivity index (χ3n) is 4.54. The second kappa shape index (κ2) is 9.04. The van der Waals surface area contributed by atoms with Crippen LogP contribution in [0.15, 0.2) is 45.6 Å². The topological polar surface area (TPSA) is 97.0 Å². The summed E-state index contributed by atoms with van der Waals surface area (Å²) in [6.07, 6.45) is -0.00507. The van der Waals surface area contributed by atoms with Crippen molar-refractivity contribution < 1.29 is 13.2 Å². The molecule has 3 N–H and O–H groups in total. The summed E-state index contributed by atoms with van der Waals surface area (Å²) < 4.78 is 29.1. The highest BCUT2D eigenvalue weighted by molar-refractivity contribution is 7.91. The van der Waals surface area contributed by atoms with E-state index in [1.54, 1.807) is 6.07 Å². The lowest BCUT2D eigenvalue weighted by molar-refractivity contribution is -0.00833. The van der Waals surface area contributed by atoms with Crippen LogP contribution in [0.3, 0.4) is 0 Å². The molecule has 152 valence electrons. The van der Waals surface area contributed by atoms with Crippen molar-refractivity contribution in [3.8, 4) is 0 Å². The number of rotatable bonds is 5. The van der Waals surface area contributed by atoms with E-state index in [4.69, 9.17) is 14.9 Å². The Morgan fingerprint density at radius 1 is 1.36 bits per heavy atom. The zero-order valence-corrected chi connectivity index (χ0v) is 17.7. The first-order chi connectivity index (χ1) is 13.4. The number of thiophene rings is 1. The molecule has 2 aromatic rings. The van der Waals surface area contributed by atoms with Gasteiger partial charge in [0.15, 0.2) is 5.96 Å². The molecule has 1 aromatic heterocycles. The van der Waals surface area contributed by atoms with E-state index in [0.29, 0.717) is 19.7 Å². The fourth-order valence-electron chi connectivity index (χ4n) is 3.15. The molecule has 1 unspecified atom stereocenters. The minimum absolute atomic E-state index is 0.00507. The molecule has 1 saturated heterocycles. The Labute approximate surface area is 170 Å². The largest absolute Gasteiger partial charge is 0.370 e. The predicted molar refractivity (Wildman–Crippen MR) is 112 cm³/mol. The first-order valence-corrected chi connectivity index (χ1v) is 11.6. The van der Waals surface area contributed by atoms with Crippen LogP contribution in [0, 0.1) is 6.92 Å². The van der Waals surface area contributed by atoms with E-state index in [0.717, 1.165) is 35.3 Å². The van der Waals surface area contributed by atoms with E-state index in [2.05, 4.69) is 29.3 Å². The number of guanidine groups is 1. The Balaban J connectivity index is 1.74. The van der Waals surface area contributed by atoms with Crippen molar-refractivity contribution in [3.05, 3.63) is 52.4 Å². The number of benzene rings is 1. The summed E-state index contributed by atoms with van der Waals surface area (Å²) >= 11 is 1.15. The number of nitrogens with zero attached hydrogens (tertiary/aromatic N) is 2. The number of primary sulfonamides is 1. The molecule has 1 aromatic carbocycles. The van der Waals surface area contributed by atoms with Crippen LogP contribution in [0.5, 0.6) is 0 Å². The first-order valence-electron chi connectivity index (χ1n) is 9.20. The van der Waals surface area contributed by atoms with E-state index < -0.39 is 10.0 Å². The van der Waals surface area contributed by atoms with Crippen LogP contribution < -0.4 is 10.5 Å². The normalized spacial score (nSPS) is 18.3. The first kappa shape index (κ1) is 20.8. The number of nitrogens with two attached hydrogens (primary N) is 1. The van der Waals surface area contributed by atoms with Gasteiger partial charge in [0.1, 0.15) is 10.3 Å². The van der Waals surface area contributed by atoms with E-state index in [1.807, 2.05) is 19.1 Å². The second-order valence-electron chi connectivity index (χ2n) is 6.60. The highest BCUT2D eigenvalue weighted by Gasteiger charge is 2.25. The maximum Gasteiger partial charge on any atom is 0.247 e. The third-order valence-corrected chi connectivity index (χ3v) is 7.05. The number of hydrogen-bond donors (Lipinski definition) is 2. The highest BCUT2D eigenvalue weighted by Crippen LogP contribution is 2.25. The van der Waals surface area contributed by atoms with Gasteiger partial charge in [0.25, 0.3) is 0 Å². The van der Waals surface area contributed by atoms with Crippen LogP contribution in [-0.2, 0) is 21.3 Å². The minimum atomic E-state index is -3.67. The molecular weight excluding hydrogens is 396 g/mol. The summed E-state index contributed by atoms with van der Waals surface area (Å²) in [7, 11) is -3.67. The minimum Gasteiger partial charge on any atom is -0.370 e. The van der Waals surface area contributed by atoms with Gasteiger partial charge < -0.3 is 15.0 Å². The lowest BCUT2D eigenvalue weighted by atomic mass is 10.0. The van der Waals surface area contributed by atoms with E-state index in [1.165, 1.54) is 17.2 Å². The molecule has 0 spiro atoms. The molecule has 0 radical (unpaired) electrons. The zero-order valence-electron chi connectivity index (χ0n) is 16.1. The summed E-state index contributed by atoms with van der Waals surface area (Å²) in [6.45, 7) is 7.35. The molecule has 0 aliphatic carbocycles. The number of morpholine rings is 1. The van der Waals surface area contributed by atoms with Gasteiger partial charge >= 0.3 is 0 Å². The number of nitrogens with one attached hydrogen (secondary N) is 1. The summed E-state index contributed by atoms with van der Waals surface area (Å²) in [5.41, 5.74) is 2.41. The van der Waals surface area contributed by atoms with Crippen LogP contribution in [0.25, 0.3) is 0 Å². The van der Waals surface area contributed by atoms with Crippen LogP contribution in [0.1, 0.15) is 29.0 Å². The molecule has 1 aliphatic rings. The monoisotopic (exact) mass is 422 g/mol. The van der Waals surface area contributed by atoms with Gasteiger partial charge in [-0.25, -0.2) is 18.5 Å². The molecule has 3 rings (SSSR count). The molecule has 1 atom stereocenters. The number of hydrogen-bond acceptors (Lipinski definition) is 5. The van der Waals surface area contributed by atoms with E-state index in [-0.39, 0.29) is 10.3 Å². The number of aryl methyl sites for hydroxylation is 1. The van der Waals surface area contributed by atoms with Crippen molar-refractivity contribution in [1.29, 1.82) is 0 Å². The van der Waals surface area contributed by atoms with Crippen molar-refractivity contribution in [2.45, 2.75) is 30.7 Å². The smallest absolute Gasteiger partial charge is 0.247 e. The maximum atomic E-state index is 11.5. The zero-order chi connectivity index (χ0) is 20.1.